The lowest BCUT2D eigenvalue weighted by Gasteiger charge is -2.33. The largest absolute Gasteiger partial charge is 0.345 e. The maximum atomic E-state index is 12.9. The molecule has 0 unspecified atom stereocenters. The number of rotatable bonds is 5. The lowest BCUT2D eigenvalue weighted by molar-refractivity contribution is 0.384. The number of aromatic nitrogens is 1. The summed E-state index contributed by atoms with van der Waals surface area (Å²) >= 11 is 7.74. The molecule has 0 radical (unpaired) electrons. The van der Waals surface area contributed by atoms with Crippen molar-refractivity contribution in [3.63, 3.8) is 0 Å². The Morgan fingerprint density at radius 2 is 1.80 bits per heavy atom. The van der Waals surface area contributed by atoms with E-state index in [-0.39, 0.29) is 9.92 Å². The molecule has 1 saturated heterocycles. The van der Waals surface area contributed by atoms with Gasteiger partial charge in [-0.25, -0.2) is 13.4 Å². The number of benzene rings is 2. The molecule has 1 aliphatic heterocycles. The fraction of sp³-hybridized carbons (Fsp3) is 0.318. The monoisotopic (exact) mass is 461 g/mol. The van der Waals surface area contributed by atoms with Crippen LogP contribution in [0, 0.1) is 13.8 Å². The van der Waals surface area contributed by atoms with E-state index >= 15 is 0 Å². The van der Waals surface area contributed by atoms with E-state index in [2.05, 4.69) is 42.3 Å². The number of halogens is 1. The Morgan fingerprint density at radius 3 is 2.53 bits per heavy atom. The Morgan fingerprint density at radius 1 is 1.07 bits per heavy atom. The second-order valence-electron chi connectivity index (χ2n) is 7.55. The van der Waals surface area contributed by atoms with Crippen LogP contribution in [0.2, 0.25) is 5.02 Å². The van der Waals surface area contributed by atoms with Gasteiger partial charge >= 0.3 is 0 Å². The third-order valence-corrected chi connectivity index (χ3v) is 8.73. The van der Waals surface area contributed by atoms with Gasteiger partial charge in [-0.05, 0) is 37.1 Å². The zero-order valence-electron chi connectivity index (χ0n) is 17.0. The van der Waals surface area contributed by atoms with Gasteiger partial charge in [0.15, 0.2) is 5.13 Å². The summed E-state index contributed by atoms with van der Waals surface area (Å²) in [7, 11) is -3.58. The number of thiazole rings is 1. The van der Waals surface area contributed by atoms with Crippen molar-refractivity contribution in [2.45, 2.75) is 25.2 Å². The molecule has 3 aromatic rings. The molecule has 1 fully saturated rings. The van der Waals surface area contributed by atoms with Gasteiger partial charge in [-0.15, -0.1) is 11.3 Å². The van der Waals surface area contributed by atoms with Gasteiger partial charge < -0.3 is 4.90 Å². The van der Waals surface area contributed by atoms with Crippen molar-refractivity contribution in [2.75, 3.05) is 31.1 Å². The summed E-state index contributed by atoms with van der Waals surface area (Å²) in [6.07, 6.45) is 0.810. The number of anilines is 1. The smallest absolute Gasteiger partial charge is 0.244 e. The Kier molecular flexibility index (Phi) is 6.16. The van der Waals surface area contributed by atoms with E-state index in [4.69, 9.17) is 16.6 Å². The number of aryl methyl sites for hydroxylation is 2. The van der Waals surface area contributed by atoms with Gasteiger partial charge in [-0.1, -0.05) is 47.5 Å². The normalized spacial score (nSPS) is 15.5. The lowest BCUT2D eigenvalue weighted by Crippen LogP contribution is -2.48. The summed E-state index contributed by atoms with van der Waals surface area (Å²) in [5.74, 6) is 0. The summed E-state index contributed by atoms with van der Waals surface area (Å²) in [6.45, 7) is 6.28. The predicted octanol–water partition coefficient (Wildman–Crippen LogP) is 4.52. The molecular formula is C22H24ClN3O2S2. The maximum absolute atomic E-state index is 12.9. The van der Waals surface area contributed by atoms with Crippen LogP contribution in [0.25, 0.3) is 0 Å². The molecule has 1 aromatic heterocycles. The number of hydrogen-bond donors (Lipinski definition) is 0. The van der Waals surface area contributed by atoms with E-state index in [0.717, 1.165) is 17.2 Å². The molecule has 0 spiro atoms. The van der Waals surface area contributed by atoms with E-state index in [9.17, 15) is 8.42 Å². The highest BCUT2D eigenvalue weighted by Gasteiger charge is 2.30. The van der Waals surface area contributed by atoms with Crippen LogP contribution < -0.4 is 4.90 Å². The molecule has 0 bridgehead atoms. The van der Waals surface area contributed by atoms with Crippen molar-refractivity contribution in [3.05, 3.63) is 75.3 Å². The van der Waals surface area contributed by atoms with Gasteiger partial charge in [0.05, 0.1) is 10.7 Å². The highest BCUT2D eigenvalue weighted by molar-refractivity contribution is 7.89. The summed E-state index contributed by atoms with van der Waals surface area (Å²) in [5, 5.41) is 3.31. The van der Waals surface area contributed by atoms with E-state index in [1.54, 1.807) is 35.6 Å². The van der Waals surface area contributed by atoms with Gasteiger partial charge in [0.25, 0.3) is 0 Å². The Labute approximate surface area is 187 Å². The Balaban J connectivity index is 1.43. The van der Waals surface area contributed by atoms with Crippen molar-refractivity contribution in [1.82, 2.24) is 9.29 Å². The number of hydrogen-bond acceptors (Lipinski definition) is 5. The molecule has 2 heterocycles. The van der Waals surface area contributed by atoms with Crippen LogP contribution >= 0.6 is 22.9 Å². The van der Waals surface area contributed by atoms with Crippen LogP contribution in [0.5, 0.6) is 0 Å². The van der Waals surface area contributed by atoms with Gasteiger partial charge in [0.2, 0.25) is 10.0 Å². The van der Waals surface area contributed by atoms with Gasteiger partial charge in [0, 0.05) is 38.0 Å². The van der Waals surface area contributed by atoms with Crippen molar-refractivity contribution < 1.29 is 8.42 Å². The minimum atomic E-state index is -3.58. The second kappa shape index (κ2) is 8.67. The predicted molar refractivity (Wildman–Crippen MR) is 123 cm³/mol. The number of piperazine rings is 1. The van der Waals surface area contributed by atoms with E-state index < -0.39 is 10.0 Å². The number of sulfonamides is 1. The summed E-state index contributed by atoms with van der Waals surface area (Å²) in [6, 6.07) is 13.1. The lowest BCUT2D eigenvalue weighted by atomic mass is 10.0. The first kappa shape index (κ1) is 21.3. The van der Waals surface area contributed by atoms with Crippen LogP contribution in [0.4, 0.5) is 5.13 Å². The van der Waals surface area contributed by atoms with Gasteiger partial charge in [-0.3, -0.25) is 0 Å². The van der Waals surface area contributed by atoms with Crippen LogP contribution in [-0.2, 0) is 16.4 Å². The molecule has 0 atom stereocenters. The molecule has 0 saturated carbocycles. The molecule has 2 aromatic carbocycles. The fourth-order valence-electron chi connectivity index (χ4n) is 3.62. The first-order chi connectivity index (χ1) is 14.3. The molecule has 4 rings (SSSR count). The Bertz CT molecular complexity index is 1150. The van der Waals surface area contributed by atoms with Crippen LogP contribution in [0.3, 0.4) is 0 Å². The first-order valence-corrected chi connectivity index (χ1v) is 12.5. The molecule has 158 valence electrons. The highest BCUT2D eigenvalue weighted by atomic mass is 35.5. The average molecular weight is 462 g/mol. The van der Waals surface area contributed by atoms with E-state index in [0.29, 0.717) is 26.2 Å². The van der Waals surface area contributed by atoms with Crippen molar-refractivity contribution >= 4 is 38.1 Å². The molecule has 0 aliphatic carbocycles. The SMILES string of the molecule is Cc1ccc(C)c(Cc2csc(N3CCN(S(=O)(=O)c4ccccc4Cl)CC3)n2)c1. The summed E-state index contributed by atoms with van der Waals surface area (Å²) < 4.78 is 27.4. The molecule has 30 heavy (non-hydrogen) atoms. The van der Waals surface area contributed by atoms with Crippen molar-refractivity contribution in [1.29, 1.82) is 0 Å². The minimum absolute atomic E-state index is 0.171. The van der Waals surface area contributed by atoms with Crippen molar-refractivity contribution in [3.8, 4) is 0 Å². The quantitative estimate of drug-likeness (QED) is 0.560. The third-order valence-electron chi connectivity index (χ3n) is 5.38. The van der Waals surface area contributed by atoms with E-state index in [1.807, 2.05) is 0 Å². The minimum Gasteiger partial charge on any atom is -0.345 e. The zero-order valence-corrected chi connectivity index (χ0v) is 19.4. The topological polar surface area (TPSA) is 53.5 Å². The molecule has 0 N–H and O–H groups in total. The second-order valence-corrected chi connectivity index (χ2v) is 10.7. The molecule has 0 amide bonds. The van der Waals surface area contributed by atoms with Crippen molar-refractivity contribution in [2.24, 2.45) is 0 Å². The van der Waals surface area contributed by atoms with Crippen LogP contribution in [0.1, 0.15) is 22.4 Å². The standard InChI is InChI=1S/C22H24ClN3O2S2/c1-16-7-8-17(2)18(13-16)14-19-15-29-22(24-19)25-9-11-26(12-10-25)30(27,28)21-6-4-3-5-20(21)23/h3-8,13,15H,9-12,14H2,1-2H3. The number of nitrogens with zero attached hydrogens (tertiary/aromatic N) is 3. The summed E-state index contributed by atoms with van der Waals surface area (Å²) in [4.78, 5) is 7.15. The van der Waals surface area contributed by atoms with Gasteiger partial charge in [-0.2, -0.15) is 4.31 Å². The molecule has 1 aliphatic rings. The van der Waals surface area contributed by atoms with Gasteiger partial charge in [0.1, 0.15) is 4.90 Å². The summed E-state index contributed by atoms with van der Waals surface area (Å²) in [5.41, 5.74) is 4.87. The average Bonchev–Trinajstić information content (AvgIpc) is 3.19. The Hall–Kier alpha value is -1.93. The fourth-order valence-corrected chi connectivity index (χ4v) is 6.42. The first-order valence-electron chi connectivity index (χ1n) is 9.85. The van der Waals surface area contributed by atoms with E-state index in [1.165, 1.54) is 21.0 Å². The maximum Gasteiger partial charge on any atom is 0.244 e. The van der Waals surface area contributed by atoms with Crippen LogP contribution in [0.15, 0.2) is 52.7 Å². The molecule has 8 heteroatoms. The highest BCUT2D eigenvalue weighted by Crippen LogP contribution is 2.28. The third kappa shape index (κ3) is 4.39. The molecular weight excluding hydrogens is 438 g/mol. The van der Waals surface area contributed by atoms with Crippen LogP contribution in [-0.4, -0.2) is 43.9 Å². The zero-order chi connectivity index (χ0) is 21.3. The molecule has 5 nitrogen and oxygen atoms in total.